The Bertz CT molecular complexity index is 992. The van der Waals surface area contributed by atoms with Crippen LogP contribution in [0.5, 0.6) is 0 Å². The van der Waals surface area contributed by atoms with Crippen molar-refractivity contribution >= 4 is 32.9 Å². The van der Waals surface area contributed by atoms with E-state index < -0.39 is 34.3 Å². The molecule has 1 aromatic heterocycles. The minimum atomic E-state index is -3.29. The number of sulfonamides is 1. The summed E-state index contributed by atoms with van der Waals surface area (Å²) in [4.78, 5) is 25.9. The third-order valence-corrected chi connectivity index (χ3v) is 5.77. The summed E-state index contributed by atoms with van der Waals surface area (Å²) in [6.07, 6.45) is 1.12. The Morgan fingerprint density at radius 3 is 2.52 bits per heavy atom. The summed E-state index contributed by atoms with van der Waals surface area (Å²) in [7, 11) is -3.29. The van der Waals surface area contributed by atoms with Gasteiger partial charge in [-0.2, -0.15) is 4.31 Å². The molecule has 27 heavy (non-hydrogen) atoms. The van der Waals surface area contributed by atoms with Crippen LogP contribution in [0.25, 0.3) is 11.0 Å². The molecule has 0 radical (unpaired) electrons. The zero-order valence-electron chi connectivity index (χ0n) is 14.9. The van der Waals surface area contributed by atoms with Crippen molar-refractivity contribution in [1.82, 2.24) is 9.21 Å². The summed E-state index contributed by atoms with van der Waals surface area (Å²) in [5.41, 5.74) is 0.785. The predicted molar refractivity (Wildman–Crippen MR) is 94.2 cm³/mol. The lowest BCUT2D eigenvalue weighted by Gasteiger charge is -2.33. The van der Waals surface area contributed by atoms with Gasteiger partial charge in [0.15, 0.2) is 6.61 Å². The highest BCUT2D eigenvalue weighted by Gasteiger charge is 2.27. The van der Waals surface area contributed by atoms with Crippen molar-refractivity contribution in [2.75, 3.05) is 39.0 Å². The Morgan fingerprint density at radius 1 is 1.22 bits per heavy atom. The van der Waals surface area contributed by atoms with Gasteiger partial charge < -0.3 is 14.1 Å². The average molecular weight is 398 g/mol. The molecule has 1 aliphatic rings. The number of carbonyl (C=O) groups excluding carboxylic acids is 2. The van der Waals surface area contributed by atoms with E-state index in [1.807, 2.05) is 0 Å². The summed E-state index contributed by atoms with van der Waals surface area (Å²) < 4.78 is 48.0. The molecule has 8 nitrogen and oxygen atoms in total. The number of benzene rings is 1. The van der Waals surface area contributed by atoms with Crippen LogP contribution in [0, 0.1) is 12.7 Å². The zero-order valence-corrected chi connectivity index (χ0v) is 15.7. The van der Waals surface area contributed by atoms with Gasteiger partial charge in [0.05, 0.1) is 6.26 Å². The minimum Gasteiger partial charge on any atom is -0.450 e. The van der Waals surface area contributed by atoms with Crippen LogP contribution in [0.2, 0.25) is 0 Å². The van der Waals surface area contributed by atoms with Gasteiger partial charge in [-0.05, 0) is 25.1 Å². The summed E-state index contributed by atoms with van der Waals surface area (Å²) in [6.45, 7) is 1.98. The van der Waals surface area contributed by atoms with E-state index in [0.717, 1.165) is 6.26 Å². The molecular weight excluding hydrogens is 379 g/mol. The van der Waals surface area contributed by atoms with Gasteiger partial charge in [0, 0.05) is 37.1 Å². The highest BCUT2D eigenvalue weighted by atomic mass is 32.2. The van der Waals surface area contributed by atoms with Crippen LogP contribution >= 0.6 is 0 Å². The smallest absolute Gasteiger partial charge is 0.375 e. The van der Waals surface area contributed by atoms with Crippen LogP contribution in [0.15, 0.2) is 22.6 Å². The molecule has 0 spiro atoms. The van der Waals surface area contributed by atoms with E-state index in [9.17, 15) is 22.4 Å². The molecule has 0 atom stereocenters. The Kier molecular flexibility index (Phi) is 5.20. The van der Waals surface area contributed by atoms with Gasteiger partial charge in [-0.1, -0.05) is 0 Å². The molecule has 2 heterocycles. The Labute approximate surface area is 155 Å². The fraction of sp³-hybridized carbons (Fsp3) is 0.412. The number of hydrogen-bond acceptors (Lipinski definition) is 6. The maximum absolute atomic E-state index is 13.3. The maximum atomic E-state index is 13.3. The number of hydrogen-bond donors (Lipinski definition) is 0. The fourth-order valence-electron chi connectivity index (χ4n) is 2.94. The molecular formula is C17H19FN2O6S. The number of rotatable bonds is 4. The molecule has 1 fully saturated rings. The molecule has 146 valence electrons. The first-order chi connectivity index (χ1) is 12.7. The number of halogens is 1. The van der Waals surface area contributed by atoms with E-state index in [1.54, 1.807) is 6.92 Å². The second-order valence-corrected chi connectivity index (χ2v) is 8.30. The zero-order chi connectivity index (χ0) is 19.8. The van der Waals surface area contributed by atoms with E-state index in [-0.39, 0.29) is 31.9 Å². The second kappa shape index (κ2) is 7.28. The third-order valence-electron chi connectivity index (χ3n) is 4.47. The van der Waals surface area contributed by atoms with Crippen LogP contribution in [0.3, 0.4) is 0 Å². The quantitative estimate of drug-likeness (QED) is 0.717. The summed E-state index contributed by atoms with van der Waals surface area (Å²) in [6, 6.07) is 3.90. The first-order valence-electron chi connectivity index (χ1n) is 8.25. The normalized spacial score (nSPS) is 15.9. The molecule has 1 aliphatic heterocycles. The molecule has 0 aliphatic carbocycles. The van der Waals surface area contributed by atoms with Gasteiger partial charge in [0.25, 0.3) is 5.91 Å². The van der Waals surface area contributed by atoms with Crippen LogP contribution < -0.4 is 0 Å². The minimum absolute atomic E-state index is 0.0784. The molecule has 0 unspecified atom stereocenters. The molecule has 1 amide bonds. The molecule has 0 saturated carbocycles. The van der Waals surface area contributed by atoms with Crippen molar-refractivity contribution in [1.29, 1.82) is 0 Å². The summed E-state index contributed by atoms with van der Waals surface area (Å²) in [5.74, 6) is -1.76. The second-order valence-electron chi connectivity index (χ2n) is 6.32. The number of amides is 1. The van der Waals surface area contributed by atoms with E-state index in [1.165, 1.54) is 27.4 Å². The van der Waals surface area contributed by atoms with E-state index in [4.69, 9.17) is 9.15 Å². The van der Waals surface area contributed by atoms with Crippen LogP contribution in [-0.4, -0.2) is 68.5 Å². The van der Waals surface area contributed by atoms with Crippen molar-refractivity contribution in [3.05, 3.63) is 35.3 Å². The molecule has 1 saturated heterocycles. The number of furan rings is 1. The SMILES string of the molecule is Cc1c(C(=O)OCC(=O)N2CCN(S(C)(=O)=O)CC2)oc2ccc(F)cc12. The van der Waals surface area contributed by atoms with Crippen LogP contribution in [0.4, 0.5) is 4.39 Å². The average Bonchev–Trinajstić information content (AvgIpc) is 2.95. The monoisotopic (exact) mass is 398 g/mol. The first-order valence-corrected chi connectivity index (χ1v) is 10.1. The highest BCUT2D eigenvalue weighted by molar-refractivity contribution is 7.88. The fourth-order valence-corrected chi connectivity index (χ4v) is 3.77. The Balaban J connectivity index is 1.60. The van der Waals surface area contributed by atoms with Crippen molar-refractivity contribution in [2.24, 2.45) is 0 Å². The Morgan fingerprint density at radius 2 is 1.89 bits per heavy atom. The van der Waals surface area contributed by atoms with Crippen molar-refractivity contribution in [2.45, 2.75) is 6.92 Å². The molecule has 1 aromatic carbocycles. The lowest BCUT2D eigenvalue weighted by atomic mass is 10.1. The number of fused-ring (bicyclic) bond motifs is 1. The lowest BCUT2D eigenvalue weighted by molar-refractivity contribution is -0.135. The van der Waals surface area contributed by atoms with Crippen molar-refractivity contribution in [3.63, 3.8) is 0 Å². The van der Waals surface area contributed by atoms with Crippen molar-refractivity contribution in [3.8, 4) is 0 Å². The molecule has 10 heteroatoms. The van der Waals surface area contributed by atoms with Gasteiger partial charge in [0.1, 0.15) is 11.4 Å². The largest absolute Gasteiger partial charge is 0.450 e. The van der Waals surface area contributed by atoms with Crippen molar-refractivity contribution < 1.29 is 31.6 Å². The standard InChI is InChI=1S/C17H19FN2O6S/c1-11-13-9-12(18)3-4-14(13)26-16(11)17(22)25-10-15(21)19-5-7-20(8-6-19)27(2,23)24/h3-4,9H,5-8,10H2,1-2H3. The van der Waals surface area contributed by atoms with E-state index >= 15 is 0 Å². The number of piperazine rings is 1. The third kappa shape index (κ3) is 4.11. The maximum Gasteiger partial charge on any atom is 0.375 e. The van der Waals surface area contributed by atoms with Gasteiger partial charge in [0.2, 0.25) is 15.8 Å². The topological polar surface area (TPSA) is 97.1 Å². The van der Waals surface area contributed by atoms with Crippen LogP contribution in [-0.2, 0) is 19.6 Å². The van der Waals surface area contributed by atoms with Gasteiger partial charge in [-0.3, -0.25) is 4.79 Å². The molecule has 2 aromatic rings. The number of esters is 1. The van der Waals surface area contributed by atoms with Gasteiger partial charge in [-0.15, -0.1) is 0 Å². The van der Waals surface area contributed by atoms with E-state index in [0.29, 0.717) is 16.5 Å². The number of nitrogens with zero attached hydrogens (tertiary/aromatic N) is 2. The number of ether oxygens (including phenoxy) is 1. The first kappa shape index (κ1) is 19.3. The number of carbonyl (C=O) groups is 2. The molecule has 0 bridgehead atoms. The Hall–Kier alpha value is -2.46. The highest BCUT2D eigenvalue weighted by Crippen LogP contribution is 2.26. The summed E-state index contributed by atoms with van der Waals surface area (Å²) >= 11 is 0. The molecule has 3 rings (SSSR count). The van der Waals surface area contributed by atoms with Gasteiger partial charge >= 0.3 is 5.97 Å². The summed E-state index contributed by atoms with van der Waals surface area (Å²) in [5, 5.41) is 0.463. The van der Waals surface area contributed by atoms with Crippen LogP contribution in [0.1, 0.15) is 16.1 Å². The lowest BCUT2D eigenvalue weighted by Crippen LogP contribution is -2.51. The number of aryl methyl sites for hydroxylation is 1. The van der Waals surface area contributed by atoms with E-state index in [2.05, 4.69) is 0 Å². The predicted octanol–water partition coefficient (Wildman–Crippen LogP) is 1.14. The van der Waals surface area contributed by atoms with Gasteiger partial charge in [-0.25, -0.2) is 17.6 Å². The molecule has 0 N–H and O–H groups in total.